The van der Waals surface area contributed by atoms with E-state index in [0.717, 1.165) is 11.8 Å². The van der Waals surface area contributed by atoms with Gasteiger partial charge in [-0.25, -0.2) is 4.98 Å². The third kappa shape index (κ3) is 4.21. The maximum Gasteiger partial charge on any atom is 0.274 e. The maximum atomic E-state index is 10.5. The number of nitro groups is 1. The lowest BCUT2D eigenvalue weighted by Gasteiger charge is -2.23. The van der Waals surface area contributed by atoms with Crippen LogP contribution in [0.3, 0.4) is 0 Å². The maximum absolute atomic E-state index is 10.5. The molecule has 98 valence electrons. The van der Waals surface area contributed by atoms with Crippen molar-refractivity contribution in [3.8, 4) is 0 Å². The van der Waals surface area contributed by atoms with Crippen LogP contribution in [0.15, 0.2) is 30.4 Å². The van der Waals surface area contributed by atoms with Crippen molar-refractivity contribution in [2.75, 3.05) is 13.6 Å². The molecule has 0 saturated heterocycles. The van der Waals surface area contributed by atoms with Crippen molar-refractivity contribution in [3.63, 3.8) is 0 Å². The summed E-state index contributed by atoms with van der Waals surface area (Å²) in [6, 6.07) is 3.54. The Hall–Kier alpha value is -1.82. The summed E-state index contributed by atoms with van der Waals surface area (Å²) in [4.78, 5) is 15.9. The Labute approximate surface area is 110 Å². The Balaban J connectivity index is 2.83. The topological polar surface area (TPSA) is 71.3 Å². The summed E-state index contributed by atoms with van der Waals surface area (Å²) in [6.45, 7) is 3.10. The van der Waals surface area contributed by atoms with Gasteiger partial charge in [-0.15, -0.1) is 0 Å². The van der Waals surface area contributed by atoms with Crippen molar-refractivity contribution >= 4 is 11.6 Å². The van der Waals surface area contributed by atoms with E-state index in [9.17, 15) is 10.1 Å². The van der Waals surface area contributed by atoms with Gasteiger partial charge in [-0.05, 0) is 18.6 Å². The number of pyridine rings is 1. The minimum atomic E-state index is -0.478. The molecule has 0 radical (unpaired) electrons. The first-order valence-corrected chi connectivity index (χ1v) is 5.83. The predicted octanol–water partition coefficient (Wildman–Crippen LogP) is 1.85. The van der Waals surface area contributed by atoms with Crippen molar-refractivity contribution in [1.29, 1.82) is 0 Å². The smallest absolute Gasteiger partial charge is 0.274 e. The number of halogens is 1. The first-order valence-electron chi connectivity index (χ1n) is 5.45. The molecule has 18 heavy (non-hydrogen) atoms. The lowest BCUT2D eigenvalue weighted by molar-refractivity contribution is -0.404. The highest BCUT2D eigenvalue weighted by Gasteiger charge is 2.11. The highest BCUT2D eigenvalue weighted by molar-refractivity contribution is 6.29. The van der Waals surface area contributed by atoms with Crippen LogP contribution < -0.4 is 5.32 Å². The zero-order valence-corrected chi connectivity index (χ0v) is 11.0. The average molecular weight is 271 g/mol. The second kappa shape index (κ2) is 6.80. The zero-order chi connectivity index (χ0) is 13.5. The highest BCUT2D eigenvalue weighted by atomic mass is 35.5. The van der Waals surface area contributed by atoms with Crippen LogP contribution >= 0.6 is 11.6 Å². The lowest BCUT2D eigenvalue weighted by atomic mass is 10.2. The molecule has 1 heterocycles. The van der Waals surface area contributed by atoms with Crippen molar-refractivity contribution in [2.24, 2.45) is 0 Å². The Morgan fingerprint density at radius 1 is 1.67 bits per heavy atom. The van der Waals surface area contributed by atoms with Gasteiger partial charge in [0, 0.05) is 26.3 Å². The first kappa shape index (κ1) is 14.2. The van der Waals surface area contributed by atoms with Gasteiger partial charge in [0.25, 0.3) is 6.20 Å². The Morgan fingerprint density at radius 2 is 2.39 bits per heavy atom. The molecule has 1 rings (SSSR count). The van der Waals surface area contributed by atoms with Crippen LogP contribution in [0.5, 0.6) is 0 Å². The Bertz CT molecular complexity index is 433. The van der Waals surface area contributed by atoms with Crippen LogP contribution in [0.25, 0.3) is 0 Å². The summed E-state index contributed by atoms with van der Waals surface area (Å²) in [6.07, 6.45) is 2.61. The fourth-order valence-corrected chi connectivity index (χ4v) is 1.60. The molecular weight excluding hydrogens is 256 g/mol. The molecule has 0 fully saturated rings. The molecule has 6 nitrogen and oxygen atoms in total. The molecule has 0 aliphatic heterocycles. The molecule has 0 atom stereocenters. The molecule has 0 aromatic carbocycles. The van der Waals surface area contributed by atoms with Gasteiger partial charge in [0.05, 0.1) is 4.92 Å². The van der Waals surface area contributed by atoms with Gasteiger partial charge >= 0.3 is 0 Å². The van der Waals surface area contributed by atoms with Gasteiger partial charge in [-0.2, -0.15) is 0 Å². The van der Waals surface area contributed by atoms with Crippen LogP contribution in [-0.2, 0) is 6.54 Å². The molecule has 0 aliphatic rings. The van der Waals surface area contributed by atoms with E-state index in [1.54, 1.807) is 19.3 Å². The van der Waals surface area contributed by atoms with Gasteiger partial charge in [0.1, 0.15) is 5.15 Å². The first-order chi connectivity index (χ1) is 8.56. The van der Waals surface area contributed by atoms with E-state index in [2.05, 4.69) is 10.3 Å². The molecule has 1 aromatic heterocycles. The third-order valence-electron chi connectivity index (χ3n) is 2.37. The number of nitrogens with one attached hydrogen (secondary N) is 1. The normalized spacial score (nSPS) is 11.2. The summed E-state index contributed by atoms with van der Waals surface area (Å²) in [5, 5.41) is 13.8. The molecule has 7 heteroatoms. The van der Waals surface area contributed by atoms with Gasteiger partial charge in [-0.1, -0.05) is 17.7 Å². The minimum absolute atomic E-state index is 0.427. The summed E-state index contributed by atoms with van der Waals surface area (Å²) >= 11 is 5.70. The van der Waals surface area contributed by atoms with Gasteiger partial charge in [0.15, 0.2) is 5.82 Å². The second-order valence-corrected chi connectivity index (χ2v) is 3.94. The molecule has 0 saturated carbocycles. The van der Waals surface area contributed by atoms with Crippen LogP contribution in [0, 0.1) is 10.1 Å². The van der Waals surface area contributed by atoms with Gasteiger partial charge < -0.3 is 10.2 Å². The molecular formula is C11H15ClN4O2. The summed E-state index contributed by atoms with van der Waals surface area (Å²) in [5.41, 5.74) is 0.936. The van der Waals surface area contributed by atoms with E-state index >= 15 is 0 Å². The van der Waals surface area contributed by atoms with E-state index in [-0.39, 0.29) is 0 Å². The third-order valence-corrected chi connectivity index (χ3v) is 2.59. The number of aromatic nitrogens is 1. The van der Waals surface area contributed by atoms with E-state index in [0.29, 0.717) is 24.1 Å². The molecule has 0 unspecified atom stereocenters. The second-order valence-electron chi connectivity index (χ2n) is 3.55. The fourth-order valence-electron chi connectivity index (χ4n) is 1.49. The zero-order valence-electron chi connectivity index (χ0n) is 10.3. The number of nitrogens with zero attached hydrogens (tertiary/aromatic N) is 3. The summed E-state index contributed by atoms with van der Waals surface area (Å²) < 4.78 is 0. The standard InChI is InChI=1S/C11H15ClN4O2/c1-3-15(11(13-2)8-16(17)18)7-9-4-5-10(12)14-6-9/h4-6,8,13H,3,7H2,1-2H3/b11-8-. The quantitative estimate of drug-likeness (QED) is 0.485. The van der Waals surface area contributed by atoms with Crippen molar-refractivity contribution in [2.45, 2.75) is 13.5 Å². The van der Waals surface area contributed by atoms with E-state index in [4.69, 9.17) is 11.6 Å². The van der Waals surface area contributed by atoms with Crippen LogP contribution in [0.2, 0.25) is 5.15 Å². The number of rotatable bonds is 6. The number of hydrogen-bond acceptors (Lipinski definition) is 5. The van der Waals surface area contributed by atoms with Crippen LogP contribution in [0.4, 0.5) is 0 Å². The van der Waals surface area contributed by atoms with Gasteiger partial charge in [0.2, 0.25) is 0 Å². The SMILES string of the molecule is CCN(Cc1ccc(Cl)nc1)/C(=C\[N+](=O)[O-])NC. The van der Waals surface area contributed by atoms with E-state index in [1.165, 1.54) is 0 Å². The van der Waals surface area contributed by atoms with Gasteiger partial charge in [-0.3, -0.25) is 10.1 Å². The molecule has 0 bridgehead atoms. The summed E-state index contributed by atoms with van der Waals surface area (Å²) in [7, 11) is 1.65. The fraction of sp³-hybridized carbons (Fsp3) is 0.364. The lowest BCUT2D eigenvalue weighted by Crippen LogP contribution is -2.30. The molecule has 0 spiro atoms. The number of hydrogen-bond donors (Lipinski definition) is 1. The van der Waals surface area contributed by atoms with E-state index < -0.39 is 4.92 Å². The molecule has 0 aliphatic carbocycles. The Kier molecular flexibility index (Phi) is 5.38. The average Bonchev–Trinajstić information content (AvgIpc) is 2.35. The van der Waals surface area contributed by atoms with Crippen LogP contribution in [-0.4, -0.2) is 28.4 Å². The molecule has 1 aromatic rings. The predicted molar refractivity (Wildman–Crippen MR) is 69.5 cm³/mol. The molecule has 1 N–H and O–H groups in total. The highest BCUT2D eigenvalue weighted by Crippen LogP contribution is 2.10. The molecule has 0 amide bonds. The minimum Gasteiger partial charge on any atom is -0.370 e. The monoisotopic (exact) mass is 270 g/mol. The van der Waals surface area contributed by atoms with Crippen molar-refractivity contribution in [3.05, 3.63) is 51.2 Å². The Morgan fingerprint density at radius 3 is 2.83 bits per heavy atom. The van der Waals surface area contributed by atoms with E-state index in [1.807, 2.05) is 17.9 Å². The van der Waals surface area contributed by atoms with Crippen molar-refractivity contribution < 1.29 is 4.92 Å². The summed E-state index contributed by atoms with van der Waals surface area (Å²) in [5.74, 6) is 0.456. The van der Waals surface area contributed by atoms with Crippen molar-refractivity contribution in [1.82, 2.24) is 15.2 Å². The van der Waals surface area contributed by atoms with Crippen LogP contribution in [0.1, 0.15) is 12.5 Å². The largest absolute Gasteiger partial charge is 0.370 e.